The van der Waals surface area contributed by atoms with E-state index in [1.807, 2.05) is 11.8 Å². The Kier molecular flexibility index (Phi) is 5.21. The number of amides is 2. The Balaban J connectivity index is 1.46. The first-order valence-electron chi connectivity index (χ1n) is 10.00. The van der Waals surface area contributed by atoms with Gasteiger partial charge < -0.3 is 14.7 Å². The second-order valence-electron chi connectivity index (χ2n) is 7.82. The molecular weight excluding hydrogens is 372 g/mol. The van der Waals surface area contributed by atoms with Crippen LogP contribution in [0.5, 0.6) is 0 Å². The number of piperazine rings is 1. The number of pyridine rings is 1. The van der Waals surface area contributed by atoms with Gasteiger partial charge in [0, 0.05) is 69.2 Å². The molecular formula is C20H26N6O3. The number of aryl methyl sites for hydroxylation is 2. The largest absolute Gasteiger partial charge is 0.368 e. The van der Waals surface area contributed by atoms with Crippen LogP contribution in [0.3, 0.4) is 0 Å². The molecule has 0 aromatic carbocycles. The van der Waals surface area contributed by atoms with Crippen LogP contribution in [-0.4, -0.2) is 76.2 Å². The van der Waals surface area contributed by atoms with Crippen LogP contribution >= 0.6 is 0 Å². The van der Waals surface area contributed by atoms with Gasteiger partial charge in [0.25, 0.3) is 5.91 Å². The molecule has 0 bridgehead atoms. The molecule has 4 heterocycles. The van der Waals surface area contributed by atoms with Crippen molar-refractivity contribution >= 4 is 17.5 Å². The maximum absolute atomic E-state index is 12.7. The Bertz CT molecular complexity index is 919. The molecule has 0 unspecified atom stereocenters. The number of nitrogens with zero attached hydrogens (tertiary/aromatic N) is 6. The Morgan fingerprint density at radius 1 is 1.03 bits per heavy atom. The fourth-order valence-corrected chi connectivity index (χ4v) is 4.11. The van der Waals surface area contributed by atoms with Gasteiger partial charge in [0.05, 0.1) is 0 Å². The molecule has 2 aliphatic heterocycles. The lowest BCUT2D eigenvalue weighted by atomic mass is 10.0. The normalized spacial score (nSPS) is 19.7. The summed E-state index contributed by atoms with van der Waals surface area (Å²) in [5, 5.41) is 7.44. The van der Waals surface area contributed by atoms with Gasteiger partial charge in [-0.2, -0.15) is 0 Å². The van der Waals surface area contributed by atoms with Crippen molar-refractivity contribution in [1.82, 2.24) is 25.1 Å². The highest BCUT2D eigenvalue weighted by molar-refractivity contribution is 5.93. The Hall–Kier alpha value is -2.97. The smallest absolute Gasteiger partial charge is 0.278 e. The van der Waals surface area contributed by atoms with Gasteiger partial charge in [-0.15, -0.1) is 0 Å². The number of hydrogen-bond acceptors (Lipinski definition) is 7. The van der Waals surface area contributed by atoms with Crippen LogP contribution in [-0.2, 0) is 4.79 Å². The molecule has 0 aliphatic carbocycles. The van der Waals surface area contributed by atoms with E-state index in [-0.39, 0.29) is 23.4 Å². The van der Waals surface area contributed by atoms with Crippen LogP contribution in [0, 0.1) is 13.8 Å². The standard InChI is InChI=1S/C20H26N6O3/c1-13-10-17(25-8-6-24(7-9-25)15(3)27)11-18(21-13)16-4-5-26(12-16)20(28)19-14(2)22-29-23-19/h10-11,16H,4-9,12H2,1-3H3/t16-/m1/s1. The summed E-state index contributed by atoms with van der Waals surface area (Å²) in [5.41, 5.74) is 3.91. The van der Waals surface area contributed by atoms with Gasteiger partial charge in [-0.3, -0.25) is 14.6 Å². The van der Waals surface area contributed by atoms with Crippen molar-refractivity contribution in [1.29, 1.82) is 0 Å². The number of rotatable bonds is 3. The van der Waals surface area contributed by atoms with Crippen LogP contribution in [0.25, 0.3) is 0 Å². The average Bonchev–Trinajstić information content (AvgIpc) is 3.36. The zero-order valence-electron chi connectivity index (χ0n) is 17.1. The fraction of sp³-hybridized carbons (Fsp3) is 0.550. The van der Waals surface area contributed by atoms with Crippen LogP contribution in [0.2, 0.25) is 0 Å². The van der Waals surface area contributed by atoms with Crippen molar-refractivity contribution in [2.24, 2.45) is 0 Å². The highest BCUT2D eigenvalue weighted by atomic mass is 16.6. The summed E-state index contributed by atoms with van der Waals surface area (Å²) in [4.78, 5) is 35.0. The maximum Gasteiger partial charge on any atom is 0.278 e. The molecule has 0 spiro atoms. The van der Waals surface area contributed by atoms with Crippen LogP contribution in [0.15, 0.2) is 16.8 Å². The molecule has 2 amide bonds. The van der Waals surface area contributed by atoms with Gasteiger partial charge in [0.2, 0.25) is 5.91 Å². The van der Waals surface area contributed by atoms with E-state index >= 15 is 0 Å². The minimum Gasteiger partial charge on any atom is -0.368 e. The van der Waals surface area contributed by atoms with Gasteiger partial charge in [-0.05, 0) is 37.6 Å². The van der Waals surface area contributed by atoms with Gasteiger partial charge in [-0.25, -0.2) is 4.63 Å². The van der Waals surface area contributed by atoms with Gasteiger partial charge in [-0.1, -0.05) is 5.16 Å². The number of aromatic nitrogens is 3. The topological polar surface area (TPSA) is 95.7 Å². The minimum atomic E-state index is -0.139. The van der Waals surface area contributed by atoms with E-state index in [9.17, 15) is 9.59 Å². The van der Waals surface area contributed by atoms with Crippen LogP contribution < -0.4 is 4.90 Å². The summed E-state index contributed by atoms with van der Waals surface area (Å²) in [6.07, 6.45) is 0.865. The van der Waals surface area contributed by atoms with E-state index in [1.54, 1.807) is 18.7 Å². The quantitative estimate of drug-likeness (QED) is 0.771. The van der Waals surface area contributed by atoms with Crippen molar-refractivity contribution in [3.05, 3.63) is 34.9 Å². The second kappa shape index (κ2) is 7.81. The summed E-state index contributed by atoms with van der Waals surface area (Å²) in [7, 11) is 0. The lowest BCUT2D eigenvalue weighted by Crippen LogP contribution is -2.48. The number of hydrogen-bond donors (Lipinski definition) is 0. The van der Waals surface area contributed by atoms with E-state index in [4.69, 9.17) is 4.98 Å². The number of carbonyl (C=O) groups is 2. The Morgan fingerprint density at radius 3 is 2.45 bits per heavy atom. The van der Waals surface area contributed by atoms with E-state index in [1.165, 1.54) is 0 Å². The molecule has 0 radical (unpaired) electrons. The molecule has 2 fully saturated rings. The molecule has 9 heteroatoms. The summed E-state index contributed by atoms with van der Waals surface area (Å²) in [5.74, 6) is 0.181. The predicted molar refractivity (Wildman–Crippen MR) is 106 cm³/mol. The van der Waals surface area contributed by atoms with Crippen LogP contribution in [0.1, 0.15) is 46.8 Å². The minimum absolute atomic E-state index is 0.129. The third-order valence-corrected chi connectivity index (χ3v) is 5.80. The van der Waals surface area contributed by atoms with Crippen molar-refractivity contribution in [3.63, 3.8) is 0 Å². The molecule has 29 heavy (non-hydrogen) atoms. The molecule has 2 aliphatic rings. The highest BCUT2D eigenvalue weighted by Crippen LogP contribution is 2.30. The zero-order valence-corrected chi connectivity index (χ0v) is 17.1. The summed E-state index contributed by atoms with van der Waals surface area (Å²) >= 11 is 0. The monoisotopic (exact) mass is 398 g/mol. The molecule has 2 aromatic rings. The summed E-state index contributed by atoms with van der Waals surface area (Å²) in [6, 6.07) is 4.23. The molecule has 0 N–H and O–H groups in total. The first-order valence-corrected chi connectivity index (χ1v) is 10.00. The van der Waals surface area contributed by atoms with Gasteiger partial charge >= 0.3 is 0 Å². The lowest BCUT2D eigenvalue weighted by Gasteiger charge is -2.36. The molecule has 154 valence electrons. The first-order chi connectivity index (χ1) is 13.9. The van der Waals surface area contributed by atoms with E-state index in [2.05, 4.69) is 32.0 Å². The number of anilines is 1. The van der Waals surface area contributed by atoms with Gasteiger partial charge in [0.15, 0.2) is 5.69 Å². The first kappa shape index (κ1) is 19.4. The second-order valence-corrected chi connectivity index (χ2v) is 7.82. The van der Waals surface area contributed by atoms with Crippen molar-refractivity contribution < 1.29 is 14.2 Å². The SMILES string of the molecule is CC(=O)N1CCN(c2cc(C)nc([C@@H]3CCN(C(=O)c4nonc4C)C3)c2)CC1. The average molecular weight is 398 g/mol. The lowest BCUT2D eigenvalue weighted by molar-refractivity contribution is -0.129. The van der Waals surface area contributed by atoms with Gasteiger partial charge in [0.1, 0.15) is 5.69 Å². The number of carbonyl (C=O) groups excluding carboxylic acids is 2. The molecule has 1 atom stereocenters. The third-order valence-electron chi connectivity index (χ3n) is 5.80. The summed E-state index contributed by atoms with van der Waals surface area (Å²) < 4.78 is 4.67. The summed E-state index contributed by atoms with van der Waals surface area (Å²) in [6.45, 7) is 9.72. The van der Waals surface area contributed by atoms with Crippen molar-refractivity contribution in [3.8, 4) is 0 Å². The van der Waals surface area contributed by atoms with Crippen molar-refractivity contribution in [2.75, 3.05) is 44.2 Å². The third kappa shape index (κ3) is 3.94. The maximum atomic E-state index is 12.7. The molecule has 2 saturated heterocycles. The van der Waals surface area contributed by atoms with Crippen molar-refractivity contribution in [2.45, 2.75) is 33.1 Å². The Morgan fingerprint density at radius 2 is 1.79 bits per heavy atom. The van der Waals surface area contributed by atoms with E-state index < -0.39 is 0 Å². The predicted octanol–water partition coefficient (Wildman–Crippen LogP) is 1.38. The molecule has 9 nitrogen and oxygen atoms in total. The van der Waals surface area contributed by atoms with E-state index in [0.717, 1.165) is 49.7 Å². The molecule has 0 saturated carbocycles. The molecule has 4 rings (SSSR count). The highest BCUT2D eigenvalue weighted by Gasteiger charge is 2.32. The number of likely N-dealkylation sites (tertiary alicyclic amines) is 1. The molecule has 2 aromatic heterocycles. The Labute approximate surface area is 169 Å². The fourth-order valence-electron chi connectivity index (χ4n) is 4.11. The zero-order chi connectivity index (χ0) is 20.5. The van der Waals surface area contributed by atoms with Crippen LogP contribution in [0.4, 0.5) is 5.69 Å². The van der Waals surface area contributed by atoms with E-state index in [0.29, 0.717) is 18.8 Å².